The quantitative estimate of drug-likeness (QED) is 0.427. The van der Waals surface area contributed by atoms with Crippen LogP contribution < -0.4 is 15.7 Å². The van der Waals surface area contributed by atoms with E-state index in [4.69, 9.17) is 20.8 Å². The molecule has 0 saturated heterocycles. The minimum Gasteiger partial charge on any atom is -0.483 e. The van der Waals surface area contributed by atoms with Gasteiger partial charge in [0.25, 0.3) is 5.91 Å². The Morgan fingerprint density at radius 3 is 2.58 bits per heavy atom. The fourth-order valence-corrected chi connectivity index (χ4v) is 3.71. The number of carbonyl (C=O) groups is 2. The van der Waals surface area contributed by atoms with Crippen LogP contribution in [0.5, 0.6) is 5.75 Å². The van der Waals surface area contributed by atoms with Gasteiger partial charge >= 0.3 is 11.6 Å². The number of carboxylic acid groups (broad SMARTS) is 1. The summed E-state index contributed by atoms with van der Waals surface area (Å²) in [5.74, 6) is -1.30. The van der Waals surface area contributed by atoms with Crippen LogP contribution in [0.25, 0.3) is 11.0 Å². The third-order valence-electron chi connectivity index (χ3n) is 5.18. The fraction of sp³-hybridized carbons (Fsp3) is 0.320. The van der Waals surface area contributed by atoms with Crippen molar-refractivity contribution in [3.8, 4) is 5.75 Å². The van der Waals surface area contributed by atoms with Gasteiger partial charge in [0, 0.05) is 17.5 Å². The lowest BCUT2D eigenvalue weighted by Gasteiger charge is -2.16. The molecule has 3 rings (SSSR count). The van der Waals surface area contributed by atoms with Gasteiger partial charge in [0.1, 0.15) is 17.4 Å². The summed E-state index contributed by atoms with van der Waals surface area (Å²) < 4.78 is 11.1. The smallest absolute Gasteiger partial charge is 0.336 e. The van der Waals surface area contributed by atoms with Crippen LogP contribution in [-0.2, 0) is 22.4 Å². The van der Waals surface area contributed by atoms with Crippen LogP contribution in [0, 0.1) is 6.92 Å². The molecule has 0 aliphatic rings. The van der Waals surface area contributed by atoms with Crippen LogP contribution in [0.3, 0.4) is 0 Å². The molecule has 2 N–H and O–H groups in total. The summed E-state index contributed by atoms with van der Waals surface area (Å²) in [5, 5.41) is 13.2. The van der Waals surface area contributed by atoms with Crippen LogP contribution in [0.2, 0.25) is 5.02 Å². The zero-order chi connectivity index (χ0) is 24.0. The first-order valence-corrected chi connectivity index (χ1v) is 11.1. The van der Waals surface area contributed by atoms with Gasteiger partial charge in [-0.2, -0.15) is 0 Å². The number of ether oxygens (including phenoxy) is 1. The number of benzene rings is 2. The zero-order valence-electron chi connectivity index (χ0n) is 18.5. The minimum atomic E-state index is -1.15. The van der Waals surface area contributed by atoms with E-state index in [1.807, 2.05) is 6.92 Å². The fourth-order valence-electron chi connectivity index (χ4n) is 3.58. The summed E-state index contributed by atoms with van der Waals surface area (Å²) in [5.41, 5.74) is 2.29. The largest absolute Gasteiger partial charge is 0.483 e. The van der Waals surface area contributed by atoms with E-state index in [1.165, 1.54) is 6.07 Å². The van der Waals surface area contributed by atoms with Crippen molar-refractivity contribution in [2.75, 3.05) is 6.61 Å². The number of aryl methyl sites for hydroxylation is 2. The highest BCUT2D eigenvalue weighted by atomic mass is 35.5. The highest BCUT2D eigenvalue weighted by Gasteiger charge is 2.21. The summed E-state index contributed by atoms with van der Waals surface area (Å²) in [7, 11) is 0. The van der Waals surface area contributed by atoms with E-state index in [2.05, 4.69) is 12.2 Å². The predicted molar refractivity (Wildman–Crippen MR) is 126 cm³/mol. The van der Waals surface area contributed by atoms with Gasteiger partial charge in [0.2, 0.25) is 0 Å². The Bertz CT molecular complexity index is 1200. The molecular weight excluding hydrogens is 446 g/mol. The average Bonchev–Trinajstić information content (AvgIpc) is 2.76. The van der Waals surface area contributed by atoms with Gasteiger partial charge in [-0.25, -0.2) is 9.59 Å². The molecule has 0 fully saturated rings. The Balaban J connectivity index is 1.76. The van der Waals surface area contributed by atoms with Crippen LogP contribution in [0.1, 0.15) is 36.5 Å². The van der Waals surface area contributed by atoms with Crippen molar-refractivity contribution >= 4 is 34.4 Å². The number of carbonyl (C=O) groups excluding carboxylic acids is 1. The van der Waals surface area contributed by atoms with E-state index in [9.17, 15) is 19.5 Å². The van der Waals surface area contributed by atoms with E-state index >= 15 is 0 Å². The standard InChI is InChI=1S/C25H26ClNO6/c1-3-4-5-17-13-23(29)33-21-11-15(2)10-20(24(17)21)32-14-22(28)27-19(25(30)31)12-16-6-8-18(26)9-7-16/h6-11,13,19H,3-5,12,14H2,1-2H3,(H,27,28)(H,30,31)/t19-/m0/s1. The SMILES string of the molecule is CCCCc1cc(=O)oc2cc(C)cc(OCC(=O)N[C@@H](Cc3ccc(Cl)cc3)C(=O)O)c12. The number of rotatable bonds is 10. The lowest BCUT2D eigenvalue weighted by molar-refractivity contribution is -0.142. The summed E-state index contributed by atoms with van der Waals surface area (Å²) in [4.78, 5) is 36.1. The van der Waals surface area contributed by atoms with E-state index in [1.54, 1.807) is 36.4 Å². The molecule has 0 unspecified atom stereocenters. The van der Waals surface area contributed by atoms with Gasteiger partial charge in [-0.3, -0.25) is 4.79 Å². The first-order chi connectivity index (χ1) is 15.8. The van der Waals surface area contributed by atoms with Gasteiger partial charge in [-0.1, -0.05) is 37.1 Å². The molecular formula is C25H26ClNO6. The molecule has 2 aromatic carbocycles. The predicted octanol–water partition coefficient (Wildman–Crippen LogP) is 4.29. The molecule has 33 heavy (non-hydrogen) atoms. The molecule has 174 valence electrons. The van der Waals surface area contributed by atoms with Crippen molar-refractivity contribution < 1.29 is 23.8 Å². The molecule has 8 heteroatoms. The Labute approximate surface area is 196 Å². The second-order valence-corrected chi connectivity index (χ2v) is 8.34. The van der Waals surface area contributed by atoms with E-state index in [0.717, 1.165) is 29.5 Å². The van der Waals surface area contributed by atoms with Crippen molar-refractivity contribution in [2.45, 2.75) is 45.6 Å². The van der Waals surface area contributed by atoms with Crippen molar-refractivity contribution in [1.29, 1.82) is 0 Å². The topological polar surface area (TPSA) is 106 Å². The number of halogens is 1. The number of amides is 1. The molecule has 7 nitrogen and oxygen atoms in total. The molecule has 0 bridgehead atoms. The van der Waals surface area contributed by atoms with Crippen LogP contribution >= 0.6 is 11.6 Å². The molecule has 0 spiro atoms. The summed E-state index contributed by atoms with van der Waals surface area (Å²) in [6.07, 6.45) is 2.62. The van der Waals surface area contributed by atoms with Crippen molar-refractivity contribution in [3.05, 3.63) is 74.6 Å². The van der Waals surface area contributed by atoms with Crippen LogP contribution in [0.15, 0.2) is 51.7 Å². The number of hydrogen-bond acceptors (Lipinski definition) is 5. The number of aliphatic carboxylic acids is 1. The second-order valence-electron chi connectivity index (χ2n) is 7.91. The van der Waals surface area contributed by atoms with Crippen LogP contribution in [0.4, 0.5) is 0 Å². The van der Waals surface area contributed by atoms with Crippen molar-refractivity contribution in [3.63, 3.8) is 0 Å². The van der Waals surface area contributed by atoms with Crippen LogP contribution in [-0.4, -0.2) is 29.6 Å². The van der Waals surface area contributed by atoms with Crippen molar-refractivity contribution in [1.82, 2.24) is 5.32 Å². The molecule has 0 aliphatic carbocycles. The maximum Gasteiger partial charge on any atom is 0.336 e. The number of unbranched alkanes of at least 4 members (excludes halogenated alkanes) is 1. The van der Waals surface area contributed by atoms with Gasteiger partial charge in [0.15, 0.2) is 6.61 Å². The van der Waals surface area contributed by atoms with Crippen molar-refractivity contribution in [2.24, 2.45) is 0 Å². The molecule has 0 radical (unpaired) electrons. The number of carboxylic acids is 1. The molecule has 3 aromatic rings. The summed E-state index contributed by atoms with van der Waals surface area (Å²) in [6.45, 7) is 3.51. The highest BCUT2D eigenvalue weighted by Crippen LogP contribution is 2.30. The molecule has 1 atom stereocenters. The lowest BCUT2D eigenvalue weighted by Crippen LogP contribution is -2.44. The summed E-state index contributed by atoms with van der Waals surface area (Å²) in [6, 6.07) is 10.6. The lowest BCUT2D eigenvalue weighted by atomic mass is 10.0. The van der Waals surface area contributed by atoms with E-state index < -0.39 is 23.5 Å². The number of hydrogen-bond donors (Lipinski definition) is 2. The highest BCUT2D eigenvalue weighted by molar-refractivity contribution is 6.30. The number of fused-ring (bicyclic) bond motifs is 1. The van der Waals surface area contributed by atoms with Gasteiger partial charge in [-0.05, 0) is 60.7 Å². The molecule has 1 aromatic heterocycles. The third-order valence-corrected chi connectivity index (χ3v) is 5.43. The van der Waals surface area contributed by atoms with E-state index in [0.29, 0.717) is 28.2 Å². The average molecular weight is 472 g/mol. The normalized spacial score (nSPS) is 11.8. The Hall–Kier alpha value is -3.32. The first kappa shape index (κ1) is 24.3. The summed E-state index contributed by atoms with van der Waals surface area (Å²) >= 11 is 5.87. The monoisotopic (exact) mass is 471 g/mol. The molecule has 0 saturated carbocycles. The molecule has 1 heterocycles. The minimum absolute atomic E-state index is 0.109. The number of nitrogens with one attached hydrogen (secondary N) is 1. The Morgan fingerprint density at radius 1 is 1.18 bits per heavy atom. The third kappa shape index (κ3) is 6.58. The van der Waals surface area contributed by atoms with Gasteiger partial charge in [0.05, 0.1) is 5.39 Å². The maximum absolute atomic E-state index is 12.5. The zero-order valence-corrected chi connectivity index (χ0v) is 19.3. The first-order valence-electron chi connectivity index (χ1n) is 10.7. The maximum atomic E-state index is 12.5. The molecule has 1 amide bonds. The Kier molecular flexibility index (Phi) is 8.11. The van der Waals surface area contributed by atoms with Gasteiger partial charge in [-0.15, -0.1) is 0 Å². The Morgan fingerprint density at radius 2 is 1.91 bits per heavy atom. The molecule has 0 aliphatic heterocycles. The van der Waals surface area contributed by atoms with Gasteiger partial charge < -0.3 is 19.6 Å². The second kappa shape index (κ2) is 11.0. The van der Waals surface area contributed by atoms with E-state index in [-0.39, 0.29) is 13.0 Å².